The van der Waals surface area contributed by atoms with Crippen LogP contribution in [0, 0.1) is 23.7 Å². The normalized spacial score (nSPS) is 14.2. The molecule has 4 unspecified atom stereocenters. The van der Waals surface area contributed by atoms with Crippen LogP contribution in [0.2, 0.25) is 0 Å². The topological polar surface area (TPSA) is 237 Å². The number of hydrogen-bond acceptors (Lipinski definition) is 15. The smallest absolute Gasteiger partial charge is 0.462 e. The standard InChI is InChI=1S/C84H164O17P2/c1-9-77(8)63-55-47-39-31-27-28-34-42-51-59-67-84(89)100-79(70-94-81(86)64-56-48-40-32-25-21-18-14-16-20-24-30-37-45-53-61-75(4)5)72-98-102(90,91)96-68-78(85)69-97-103(92,93)99-73-80(71-95-82(87)65-57-49-43-35-38-46-54-62-76(6)7)101-83(88)66-58-50-41-33-26-22-17-13-11-10-12-15-19-23-29-36-44-52-60-74(2)3/h74-80,85H,9-73H2,1-8H3,(H,90,91)(H,92,93)/t77?,78?,79-,80-/m1/s1. The van der Waals surface area contributed by atoms with E-state index in [4.69, 9.17) is 37.0 Å². The Kier molecular flexibility index (Phi) is 71.5. The molecule has 0 saturated heterocycles. The van der Waals surface area contributed by atoms with Crippen LogP contribution in [0.5, 0.6) is 0 Å². The summed E-state index contributed by atoms with van der Waals surface area (Å²) in [6.45, 7) is 14.3. The third-order valence-corrected chi connectivity index (χ3v) is 21.8. The molecule has 0 spiro atoms. The van der Waals surface area contributed by atoms with Gasteiger partial charge >= 0.3 is 39.5 Å². The van der Waals surface area contributed by atoms with E-state index in [2.05, 4.69) is 55.4 Å². The van der Waals surface area contributed by atoms with Crippen molar-refractivity contribution in [2.24, 2.45) is 23.7 Å². The summed E-state index contributed by atoms with van der Waals surface area (Å²) >= 11 is 0. The minimum atomic E-state index is -4.96. The molecule has 0 aliphatic carbocycles. The van der Waals surface area contributed by atoms with Gasteiger partial charge in [0.15, 0.2) is 12.2 Å². The van der Waals surface area contributed by atoms with Gasteiger partial charge in [0.05, 0.1) is 26.4 Å². The summed E-state index contributed by atoms with van der Waals surface area (Å²) in [6.07, 6.45) is 61.1. The molecule has 0 bridgehead atoms. The summed E-state index contributed by atoms with van der Waals surface area (Å²) < 4.78 is 68.8. The monoisotopic (exact) mass is 1510 g/mol. The minimum Gasteiger partial charge on any atom is -0.462 e. The van der Waals surface area contributed by atoms with E-state index >= 15 is 0 Å². The maximum Gasteiger partial charge on any atom is 0.472 e. The highest BCUT2D eigenvalue weighted by molar-refractivity contribution is 7.47. The summed E-state index contributed by atoms with van der Waals surface area (Å²) in [4.78, 5) is 73.1. The van der Waals surface area contributed by atoms with E-state index in [1.807, 2.05) is 0 Å². The molecule has 0 aromatic rings. The maximum atomic E-state index is 13.1. The first kappa shape index (κ1) is 101. The molecule has 3 N–H and O–H groups in total. The van der Waals surface area contributed by atoms with Crippen molar-refractivity contribution < 1.29 is 80.2 Å². The second-order valence-electron chi connectivity index (χ2n) is 31.9. The fourth-order valence-electron chi connectivity index (χ4n) is 12.9. The predicted molar refractivity (Wildman–Crippen MR) is 423 cm³/mol. The lowest BCUT2D eigenvalue weighted by molar-refractivity contribution is -0.161. The van der Waals surface area contributed by atoms with Crippen molar-refractivity contribution in [1.82, 2.24) is 0 Å². The highest BCUT2D eigenvalue weighted by Gasteiger charge is 2.30. The number of esters is 4. The molecule has 0 aliphatic rings. The van der Waals surface area contributed by atoms with Crippen LogP contribution in [0.4, 0.5) is 0 Å². The summed E-state index contributed by atoms with van der Waals surface area (Å²) in [5, 5.41) is 10.7. The van der Waals surface area contributed by atoms with Crippen molar-refractivity contribution in [2.45, 2.75) is 453 Å². The molecular formula is C84H164O17P2. The number of carbonyl (C=O) groups excluding carboxylic acids is 4. The molecule has 0 saturated carbocycles. The minimum absolute atomic E-state index is 0.106. The molecule has 0 rings (SSSR count). The first-order valence-corrected chi connectivity index (χ1v) is 46.2. The van der Waals surface area contributed by atoms with Gasteiger partial charge in [-0.25, -0.2) is 9.13 Å². The van der Waals surface area contributed by atoms with Crippen LogP contribution >= 0.6 is 15.6 Å². The SMILES string of the molecule is CCC(C)CCCCCCCCCCCCC(=O)O[C@H](COC(=O)CCCCCCCCCCCCCCCCCC(C)C)COP(=O)(O)OCC(O)COP(=O)(O)OC[C@@H](COC(=O)CCCCCCCCCC(C)C)OC(=O)CCCCCCCCCCCCCCCCCCCCC(C)C. The molecule has 0 fully saturated rings. The van der Waals surface area contributed by atoms with Gasteiger partial charge in [0.25, 0.3) is 0 Å². The van der Waals surface area contributed by atoms with E-state index in [-0.39, 0.29) is 25.7 Å². The third kappa shape index (κ3) is 76.6. The molecule has 0 aromatic carbocycles. The lowest BCUT2D eigenvalue weighted by Gasteiger charge is -2.21. The zero-order valence-electron chi connectivity index (χ0n) is 68.0. The fourth-order valence-corrected chi connectivity index (χ4v) is 14.5. The molecule has 0 amide bonds. The van der Waals surface area contributed by atoms with Crippen molar-refractivity contribution >= 4 is 39.5 Å². The Morgan fingerprint density at radius 2 is 0.466 bits per heavy atom. The highest BCUT2D eigenvalue weighted by atomic mass is 31.2. The molecular weight excluding hydrogens is 1340 g/mol. The van der Waals surface area contributed by atoms with Gasteiger partial charge in [0, 0.05) is 25.7 Å². The summed E-state index contributed by atoms with van der Waals surface area (Å²) in [5.74, 6) is 1.02. The van der Waals surface area contributed by atoms with Gasteiger partial charge in [0.1, 0.15) is 19.3 Å². The van der Waals surface area contributed by atoms with E-state index in [9.17, 15) is 43.2 Å². The van der Waals surface area contributed by atoms with Crippen molar-refractivity contribution in [3.8, 4) is 0 Å². The average molecular weight is 1510 g/mol. The summed E-state index contributed by atoms with van der Waals surface area (Å²) in [6, 6.07) is 0. The van der Waals surface area contributed by atoms with Crippen LogP contribution in [0.25, 0.3) is 0 Å². The van der Waals surface area contributed by atoms with Gasteiger partial charge in [-0.05, 0) is 49.4 Å². The van der Waals surface area contributed by atoms with Crippen molar-refractivity contribution in [2.75, 3.05) is 39.6 Å². The fraction of sp³-hybridized carbons (Fsp3) is 0.952. The summed E-state index contributed by atoms with van der Waals surface area (Å²) in [7, 11) is -9.93. The Balaban J connectivity index is 5.20. The van der Waals surface area contributed by atoms with Gasteiger partial charge in [-0.2, -0.15) is 0 Å². The number of aliphatic hydroxyl groups excluding tert-OH is 1. The van der Waals surface area contributed by atoms with Gasteiger partial charge in [-0.3, -0.25) is 37.3 Å². The van der Waals surface area contributed by atoms with Crippen LogP contribution in [-0.2, 0) is 65.4 Å². The molecule has 0 aromatic heterocycles. The Labute approximate surface area is 632 Å². The second-order valence-corrected chi connectivity index (χ2v) is 34.8. The number of phosphoric ester groups is 2. The largest absolute Gasteiger partial charge is 0.472 e. The maximum absolute atomic E-state index is 13.1. The number of rotatable bonds is 81. The third-order valence-electron chi connectivity index (χ3n) is 19.9. The number of aliphatic hydroxyl groups is 1. The Hall–Kier alpha value is -1.94. The number of unbranched alkanes of at least 4 members (excludes halogenated alkanes) is 46. The molecule has 0 aliphatic heterocycles. The van der Waals surface area contributed by atoms with E-state index < -0.39 is 97.5 Å². The zero-order chi connectivity index (χ0) is 76.0. The average Bonchev–Trinajstić information content (AvgIpc) is 0.928. The van der Waals surface area contributed by atoms with Crippen molar-refractivity contribution in [1.29, 1.82) is 0 Å². The quantitative estimate of drug-likeness (QED) is 0.0222. The van der Waals surface area contributed by atoms with Crippen LogP contribution in [0.3, 0.4) is 0 Å². The van der Waals surface area contributed by atoms with E-state index in [0.717, 1.165) is 114 Å². The number of phosphoric acid groups is 2. The molecule has 19 heteroatoms. The molecule has 0 heterocycles. The Bertz CT molecular complexity index is 2010. The van der Waals surface area contributed by atoms with E-state index in [0.29, 0.717) is 31.6 Å². The lowest BCUT2D eigenvalue weighted by Crippen LogP contribution is -2.30. The highest BCUT2D eigenvalue weighted by Crippen LogP contribution is 2.45. The second kappa shape index (κ2) is 72.9. The van der Waals surface area contributed by atoms with Crippen molar-refractivity contribution in [3.05, 3.63) is 0 Å². The van der Waals surface area contributed by atoms with Gasteiger partial charge in [0.2, 0.25) is 0 Å². The Morgan fingerprint density at radius 1 is 0.272 bits per heavy atom. The predicted octanol–water partition coefficient (Wildman–Crippen LogP) is 25.2. The molecule has 103 heavy (non-hydrogen) atoms. The summed E-state index contributed by atoms with van der Waals surface area (Å²) in [5.41, 5.74) is 0. The lowest BCUT2D eigenvalue weighted by atomic mass is 9.99. The van der Waals surface area contributed by atoms with Gasteiger partial charge < -0.3 is 33.8 Å². The van der Waals surface area contributed by atoms with Crippen LogP contribution in [0.15, 0.2) is 0 Å². The number of ether oxygens (including phenoxy) is 4. The van der Waals surface area contributed by atoms with Crippen molar-refractivity contribution in [3.63, 3.8) is 0 Å². The Morgan fingerprint density at radius 3 is 0.689 bits per heavy atom. The number of hydrogen-bond donors (Lipinski definition) is 3. The van der Waals surface area contributed by atoms with Gasteiger partial charge in [-0.15, -0.1) is 0 Å². The molecule has 6 atom stereocenters. The van der Waals surface area contributed by atoms with Crippen LogP contribution < -0.4 is 0 Å². The van der Waals surface area contributed by atoms with E-state index in [1.54, 1.807) is 0 Å². The first-order chi connectivity index (χ1) is 49.6. The van der Waals surface area contributed by atoms with Crippen LogP contribution in [-0.4, -0.2) is 96.7 Å². The molecule has 612 valence electrons. The van der Waals surface area contributed by atoms with Gasteiger partial charge in [-0.1, -0.05) is 383 Å². The van der Waals surface area contributed by atoms with E-state index in [1.165, 1.54) is 231 Å². The zero-order valence-corrected chi connectivity index (χ0v) is 69.7. The molecule has 17 nitrogen and oxygen atoms in total. The first-order valence-electron chi connectivity index (χ1n) is 43.2. The van der Waals surface area contributed by atoms with Crippen LogP contribution in [0.1, 0.15) is 434 Å². The molecule has 0 radical (unpaired) electrons. The number of carbonyl (C=O) groups is 4.